The molecule has 0 aliphatic carbocycles. The van der Waals surface area contributed by atoms with Gasteiger partial charge in [-0.25, -0.2) is 0 Å². The maximum Gasteiger partial charge on any atom is 0.223 e. The van der Waals surface area contributed by atoms with Crippen molar-refractivity contribution in [2.45, 2.75) is 18.8 Å². The number of thiophene rings is 1. The number of Topliss-reactive ketones (excluding diaryl/α,β-unsaturated/α-hetero) is 1. The molecule has 0 saturated carbocycles. The molecule has 1 saturated heterocycles. The van der Waals surface area contributed by atoms with E-state index in [0.29, 0.717) is 19.6 Å². The van der Waals surface area contributed by atoms with Gasteiger partial charge in [0.15, 0.2) is 5.78 Å². The third kappa shape index (κ3) is 3.74. The van der Waals surface area contributed by atoms with Crippen LogP contribution in [0.25, 0.3) is 0 Å². The van der Waals surface area contributed by atoms with Crippen LogP contribution in [0.3, 0.4) is 0 Å². The number of nitrogens with two attached hydrogens (primary N) is 1. The lowest BCUT2D eigenvalue weighted by molar-refractivity contribution is -0.130. The highest BCUT2D eigenvalue weighted by Crippen LogP contribution is 2.32. The topological polar surface area (TPSA) is 63.4 Å². The van der Waals surface area contributed by atoms with Gasteiger partial charge < -0.3 is 10.6 Å². The number of likely N-dealkylation sites (tertiary alicyclic amines) is 1. The first-order valence-electron chi connectivity index (χ1n) is 8.28. The van der Waals surface area contributed by atoms with Crippen LogP contribution in [0, 0.1) is 5.92 Å². The molecule has 1 aromatic carbocycles. The molecule has 2 heterocycles. The number of hydrogen-bond acceptors (Lipinski definition) is 4. The summed E-state index contributed by atoms with van der Waals surface area (Å²) in [6.07, 6.45) is 0.550. The van der Waals surface area contributed by atoms with E-state index >= 15 is 0 Å². The lowest BCUT2D eigenvalue weighted by Crippen LogP contribution is -2.30. The highest BCUT2D eigenvalue weighted by atomic mass is 32.1. The average molecular weight is 342 g/mol. The Morgan fingerprint density at radius 1 is 1.08 bits per heavy atom. The molecule has 4 nitrogen and oxygen atoms in total. The lowest BCUT2D eigenvalue weighted by Gasteiger charge is -2.16. The summed E-state index contributed by atoms with van der Waals surface area (Å²) < 4.78 is 0. The molecule has 1 aliphatic heterocycles. The molecule has 126 valence electrons. The largest absolute Gasteiger partial charge is 0.342 e. The zero-order valence-corrected chi connectivity index (χ0v) is 14.4. The van der Waals surface area contributed by atoms with Crippen molar-refractivity contribution < 1.29 is 9.59 Å². The van der Waals surface area contributed by atoms with Crippen LogP contribution in [-0.4, -0.2) is 36.2 Å². The van der Waals surface area contributed by atoms with E-state index in [-0.39, 0.29) is 36.4 Å². The molecule has 1 fully saturated rings. The summed E-state index contributed by atoms with van der Waals surface area (Å²) in [5.74, 6) is 0.668. The van der Waals surface area contributed by atoms with Crippen LogP contribution in [0.15, 0.2) is 47.8 Å². The fourth-order valence-electron chi connectivity index (χ4n) is 3.33. The van der Waals surface area contributed by atoms with Crippen molar-refractivity contribution in [1.82, 2.24) is 4.90 Å². The SMILES string of the molecule is NC[C@@H]1CN(C(=O)CCC(=O)c2cccs2)C[C@H]1c1ccccc1. The summed E-state index contributed by atoms with van der Waals surface area (Å²) in [4.78, 5) is 27.1. The van der Waals surface area contributed by atoms with Gasteiger partial charge in [0.1, 0.15) is 0 Å². The summed E-state index contributed by atoms with van der Waals surface area (Å²) in [6, 6.07) is 13.9. The van der Waals surface area contributed by atoms with E-state index in [4.69, 9.17) is 5.73 Å². The molecule has 1 amide bonds. The van der Waals surface area contributed by atoms with Crippen LogP contribution in [0.5, 0.6) is 0 Å². The van der Waals surface area contributed by atoms with Crippen LogP contribution in [0.1, 0.15) is 34.0 Å². The molecule has 2 aromatic rings. The zero-order valence-electron chi connectivity index (χ0n) is 13.6. The van der Waals surface area contributed by atoms with Crippen molar-refractivity contribution in [2.24, 2.45) is 11.7 Å². The van der Waals surface area contributed by atoms with Gasteiger partial charge in [-0.2, -0.15) is 0 Å². The smallest absolute Gasteiger partial charge is 0.223 e. The summed E-state index contributed by atoms with van der Waals surface area (Å²) in [6.45, 7) is 1.94. The standard InChI is InChI=1S/C19H22N2O2S/c20-11-15-12-21(13-16(15)14-5-2-1-3-6-14)19(23)9-8-17(22)18-7-4-10-24-18/h1-7,10,15-16H,8-9,11-13,20H2/t15-,16+/m1/s1. The Morgan fingerprint density at radius 3 is 2.54 bits per heavy atom. The Hall–Kier alpha value is -1.98. The number of hydrogen-bond donors (Lipinski definition) is 1. The number of carbonyl (C=O) groups excluding carboxylic acids is 2. The summed E-state index contributed by atoms with van der Waals surface area (Å²) in [7, 11) is 0. The van der Waals surface area contributed by atoms with Crippen molar-refractivity contribution in [1.29, 1.82) is 0 Å². The number of rotatable bonds is 6. The minimum absolute atomic E-state index is 0.0486. The quantitative estimate of drug-likeness (QED) is 0.821. The van der Waals surface area contributed by atoms with Crippen LogP contribution in [-0.2, 0) is 4.79 Å². The van der Waals surface area contributed by atoms with Crippen LogP contribution < -0.4 is 5.73 Å². The fourth-order valence-corrected chi connectivity index (χ4v) is 4.02. The maximum absolute atomic E-state index is 12.5. The molecular weight excluding hydrogens is 320 g/mol. The number of carbonyl (C=O) groups is 2. The van der Waals surface area contributed by atoms with Gasteiger partial charge in [0, 0.05) is 31.8 Å². The van der Waals surface area contributed by atoms with Crippen molar-refractivity contribution >= 4 is 23.0 Å². The first-order chi connectivity index (χ1) is 11.7. The van der Waals surface area contributed by atoms with Gasteiger partial charge in [-0.1, -0.05) is 36.4 Å². The fraction of sp³-hybridized carbons (Fsp3) is 0.368. The van der Waals surface area contributed by atoms with Crippen molar-refractivity contribution in [3.8, 4) is 0 Å². The van der Waals surface area contributed by atoms with Crippen LogP contribution in [0.4, 0.5) is 0 Å². The predicted molar refractivity (Wildman–Crippen MR) is 96.2 cm³/mol. The van der Waals surface area contributed by atoms with Gasteiger partial charge in [-0.15, -0.1) is 11.3 Å². The van der Waals surface area contributed by atoms with Gasteiger partial charge in [-0.3, -0.25) is 9.59 Å². The first kappa shape index (κ1) is 16.9. The van der Waals surface area contributed by atoms with Gasteiger partial charge in [-0.05, 0) is 29.5 Å². The van der Waals surface area contributed by atoms with E-state index in [1.165, 1.54) is 16.9 Å². The van der Waals surface area contributed by atoms with Gasteiger partial charge in [0.05, 0.1) is 4.88 Å². The predicted octanol–water partition coefficient (Wildman–Crippen LogP) is 2.91. The Morgan fingerprint density at radius 2 is 1.88 bits per heavy atom. The second-order valence-electron chi connectivity index (χ2n) is 6.21. The highest BCUT2D eigenvalue weighted by Gasteiger charge is 2.35. The Kier molecular flexibility index (Phi) is 5.43. The third-order valence-electron chi connectivity index (χ3n) is 4.69. The highest BCUT2D eigenvalue weighted by molar-refractivity contribution is 7.12. The monoisotopic (exact) mass is 342 g/mol. The lowest BCUT2D eigenvalue weighted by atomic mass is 9.89. The van der Waals surface area contributed by atoms with Gasteiger partial charge in [0.25, 0.3) is 0 Å². The molecule has 5 heteroatoms. The minimum Gasteiger partial charge on any atom is -0.342 e. The molecule has 2 N–H and O–H groups in total. The number of benzene rings is 1. The molecule has 0 spiro atoms. The van der Waals surface area contributed by atoms with Crippen LogP contribution >= 0.6 is 11.3 Å². The number of nitrogens with zero attached hydrogens (tertiary/aromatic N) is 1. The second kappa shape index (κ2) is 7.73. The average Bonchev–Trinajstić information content (AvgIpc) is 3.29. The molecule has 0 radical (unpaired) electrons. The minimum atomic E-state index is 0.0486. The van der Waals surface area contributed by atoms with Gasteiger partial charge >= 0.3 is 0 Å². The molecule has 1 aliphatic rings. The van der Waals surface area contributed by atoms with Crippen molar-refractivity contribution in [3.05, 3.63) is 58.3 Å². The van der Waals surface area contributed by atoms with E-state index in [1.807, 2.05) is 40.6 Å². The van der Waals surface area contributed by atoms with Crippen LogP contribution in [0.2, 0.25) is 0 Å². The Bertz CT molecular complexity index is 685. The van der Waals surface area contributed by atoms with E-state index < -0.39 is 0 Å². The van der Waals surface area contributed by atoms with Crippen molar-refractivity contribution in [3.63, 3.8) is 0 Å². The molecule has 2 atom stereocenters. The Labute approximate surface area is 146 Å². The second-order valence-corrected chi connectivity index (χ2v) is 7.16. The first-order valence-corrected chi connectivity index (χ1v) is 9.16. The third-order valence-corrected chi connectivity index (χ3v) is 5.60. The molecule has 0 bridgehead atoms. The number of ketones is 1. The van der Waals surface area contributed by atoms with E-state index in [0.717, 1.165) is 4.88 Å². The maximum atomic E-state index is 12.5. The summed E-state index contributed by atoms with van der Waals surface area (Å²) in [5.41, 5.74) is 7.15. The van der Waals surface area contributed by atoms with E-state index in [9.17, 15) is 9.59 Å². The molecule has 0 unspecified atom stereocenters. The number of amides is 1. The molecule has 24 heavy (non-hydrogen) atoms. The van der Waals surface area contributed by atoms with Gasteiger partial charge in [0.2, 0.25) is 5.91 Å². The molecule has 1 aromatic heterocycles. The summed E-state index contributed by atoms with van der Waals surface area (Å²) >= 11 is 1.43. The molecular formula is C19H22N2O2S. The van der Waals surface area contributed by atoms with E-state index in [2.05, 4.69) is 12.1 Å². The van der Waals surface area contributed by atoms with E-state index in [1.54, 1.807) is 0 Å². The normalized spacial score (nSPS) is 20.3. The van der Waals surface area contributed by atoms with Crippen molar-refractivity contribution in [2.75, 3.05) is 19.6 Å². The zero-order chi connectivity index (χ0) is 16.9. The Balaban J connectivity index is 1.59. The molecule has 3 rings (SSSR count). The summed E-state index contributed by atoms with van der Waals surface area (Å²) in [5, 5.41) is 1.88.